The summed E-state index contributed by atoms with van der Waals surface area (Å²) in [5, 5.41) is 19.3. The van der Waals surface area contributed by atoms with Gasteiger partial charge in [-0.3, -0.25) is 4.79 Å². The second kappa shape index (κ2) is 10.4. The molecule has 1 aromatic heterocycles. The van der Waals surface area contributed by atoms with E-state index in [4.69, 9.17) is 26.2 Å². The SMILES string of the molecule is CC(C)Oc1cc2c(cc1Cc1cccc(Cl)c1F)c(=O)c(OC(=O)O)cn2[C@H](CO)C(C)C. The fourth-order valence-corrected chi connectivity index (χ4v) is 4.04. The van der Waals surface area contributed by atoms with Crippen molar-refractivity contribution in [3.05, 3.63) is 68.7 Å². The molecule has 3 aromatic rings. The number of benzene rings is 2. The van der Waals surface area contributed by atoms with Gasteiger partial charge in [0.2, 0.25) is 5.43 Å². The first-order valence-electron chi connectivity index (χ1n) is 10.9. The number of fused-ring (bicyclic) bond motifs is 1. The van der Waals surface area contributed by atoms with Gasteiger partial charge < -0.3 is 24.3 Å². The minimum Gasteiger partial charge on any atom is -0.491 e. The molecule has 0 aliphatic carbocycles. The van der Waals surface area contributed by atoms with E-state index in [1.165, 1.54) is 12.3 Å². The number of halogens is 2. The van der Waals surface area contributed by atoms with Crippen LogP contribution in [0.4, 0.5) is 9.18 Å². The van der Waals surface area contributed by atoms with Crippen LogP contribution >= 0.6 is 11.6 Å². The zero-order chi connectivity index (χ0) is 25.2. The lowest BCUT2D eigenvalue weighted by atomic mass is 9.99. The summed E-state index contributed by atoms with van der Waals surface area (Å²) in [6.45, 7) is 7.22. The topological polar surface area (TPSA) is 98.0 Å². The molecule has 0 unspecified atom stereocenters. The van der Waals surface area contributed by atoms with Crippen molar-refractivity contribution in [1.29, 1.82) is 0 Å². The summed E-state index contributed by atoms with van der Waals surface area (Å²) in [7, 11) is 0. The van der Waals surface area contributed by atoms with Crippen LogP contribution in [-0.2, 0) is 6.42 Å². The number of aromatic nitrogens is 1. The molecule has 0 spiro atoms. The maximum atomic E-state index is 14.6. The standard InChI is InChI=1S/C25H27ClFNO6/c1-13(2)20(12-29)28-11-22(34-25(31)32)24(30)17-9-16(21(10-19(17)28)33-14(3)4)8-15-6-5-7-18(26)23(15)27/h5-7,9-11,13-14,20,29H,8,12H2,1-4H3,(H,31,32)/t20-/m1/s1. The molecule has 1 heterocycles. The molecular formula is C25H27ClFNO6. The van der Waals surface area contributed by atoms with E-state index in [0.717, 1.165) is 0 Å². The number of hydrogen-bond donors (Lipinski definition) is 2. The largest absolute Gasteiger partial charge is 0.511 e. The molecule has 9 heteroatoms. The summed E-state index contributed by atoms with van der Waals surface area (Å²) < 4.78 is 27.0. The molecule has 0 amide bonds. The van der Waals surface area contributed by atoms with Crippen LogP contribution in [0.3, 0.4) is 0 Å². The van der Waals surface area contributed by atoms with E-state index >= 15 is 0 Å². The minimum absolute atomic E-state index is 0.0214. The van der Waals surface area contributed by atoms with Crippen molar-refractivity contribution >= 4 is 28.7 Å². The second-order valence-electron chi connectivity index (χ2n) is 8.63. The Morgan fingerprint density at radius 2 is 1.85 bits per heavy atom. The number of ether oxygens (including phenoxy) is 2. The molecule has 2 N–H and O–H groups in total. The number of nitrogens with zero attached hydrogens (tertiary/aromatic N) is 1. The molecule has 0 aliphatic rings. The van der Waals surface area contributed by atoms with Gasteiger partial charge in [0, 0.05) is 12.5 Å². The molecule has 0 bridgehead atoms. The first-order chi connectivity index (χ1) is 16.0. The maximum Gasteiger partial charge on any atom is 0.511 e. The number of carboxylic acid groups (broad SMARTS) is 1. The summed E-state index contributed by atoms with van der Waals surface area (Å²) >= 11 is 5.94. The quantitative estimate of drug-likeness (QED) is 0.408. The molecule has 1 atom stereocenters. The molecule has 0 fully saturated rings. The number of aliphatic hydroxyl groups is 1. The van der Waals surface area contributed by atoms with E-state index in [9.17, 15) is 19.1 Å². The number of aliphatic hydroxyl groups excluding tert-OH is 1. The Hall–Kier alpha value is -3.10. The van der Waals surface area contributed by atoms with E-state index in [1.807, 2.05) is 27.7 Å². The fourth-order valence-electron chi connectivity index (χ4n) is 3.85. The van der Waals surface area contributed by atoms with Crippen molar-refractivity contribution in [3.8, 4) is 11.5 Å². The average Bonchev–Trinajstić information content (AvgIpc) is 2.74. The first kappa shape index (κ1) is 25.5. The van der Waals surface area contributed by atoms with Crippen LogP contribution in [0.5, 0.6) is 11.5 Å². The predicted molar refractivity (Wildman–Crippen MR) is 128 cm³/mol. The summed E-state index contributed by atoms with van der Waals surface area (Å²) in [6, 6.07) is 7.40. The van der Waals surface area contributed by atoms with E-state index in [1.54, 1.807) is 28.8 Å². The highest BCUT2D eigenvalue weighted by Gasteiger charge is 2.23. The van der Waals surface area contributed by atoms with Crippen molar-refractivity contribution in [2.45, 2.75) is 46.3 Å². The van der Waals surface area contributed by atoms with E-state index in [-0.39, 0.29) is 35.5 Å². The Balaban J connectivity index is 2.34. The molecule has 2 aromatic carbocycles. The number of hydrogen-bond acceptors (Lipinski definition) is 5. The number of rotatable bonds is 8. The van der Waals surface area contributed by atoms with E-state index in [2.05, 4.69) is 0 Å². The Labute approximate surface area is 201 Å². The highest BCUT2D eigenvalue weighted by molar-refractivity contribution is 6.30. The first-order valence-corrected chi connectivity index (χ1v) is 11.2. The summed E-state index contributed by atoms with van der Waals surface area (Å²) in [4.78, 5) is 24.4. The third kappa shape index (κ3) is 5.34. The fraction of sp³-hybridized carbons (Fsp3) is 0.360. The summed E-state index contributed by atoms with van der Waals surface area (Å²) in [5.74, 6) is -0.581. The third-order valence-electron chi connectivity index (χ3n) is 5.47. The highest BCUT2D eigenvalue weighted by atomic mass is 35.5. The lowest BCUT2D eigenvalue weighted by Crippen LogP contribution is -2.24. The second-order valence-corrected chi connectivity index (χ2v) is 9.03. The molecule has 3 rings (SSSR count). The molecule has 0 saturated heterocycles. The smallest absolute Gasteiger partial charge is 0.491 e. The number of pyridine rings is 1. The van der Waals surface area contributed by atoms with Crippen molar-refractivity contribution < 1.29 is 28.9 Å². The number of carbonyl (C=O) groups is 1. The van der Waals surface area contributed by atoms with E-state index < -0.39 is 29.2 Å². The lowest BCUT2D eigenvalue weighted by Gasteiger charge is -2.26. The van der Waals surface area contributed by atoms with Gasteiger partial charge in [0.15, 0.2) is 5.75 Å². The van der Waals surface area contributed by atoms with Crippen LogP contribution in [0, 0.1) is 11.7 Å². The molecule has 7 nitrogen and oxygen atoms in total. The van der Waals surface area contributed by atoms with Crippen LogP contribution in [0.15, 0.2) is 41.3 Å². The molecule has 0 radical (unpaired) electrons. The van der Waals surface area contributed by atoms with Gasteiger partial charge in [-0.2, -0.15) is 0 Å². The van der Waals surface area contributed by atoms with Crippen molar-refractivity contribution in [2.75, 3.05) is 6.61 Å². The van der Waals surface area contributed by atoms with Crippen LogP contribution in [0.2, 0.25) is 5.02 Å². The molecule has 0 aliphatic heterocycles. The van der Waals surface area contributed by atoms with Crippen LogP contribution in [0.25, 0.3) is 10.9 Å². The predicted octanol–water partition coefficient (Wildman–Crippen LogP) is 5.42. The van der Waals surface area contributed by atoms with Crippen LogP contribution in [0.1, 0.15) is 44.9 Å². The molecular weight excluding hydrogens is 465 g/mol. The average molecular weight is 492 g/mol. The molecule has 34 heavy (non-hydrogen) atoms. The molecule has 0 saturated carbocycles. The molecule has 182 valence electrons. The van der Waals surface area contributed by atoms with E-state index in [0.29, 0.717) is 22.4 Å². The van der Waals surface area contributed by atoms with Gasteiger partial charge in [-0.25, -0.2) is 9.18 Å². The summed E-state index contributed by atoms with van der Waals surface area (Å²) in [6.07, 6.45) is -0.473. The maximum absolute atomic E-state index is 14.6. The zero-order valence-corrected chi connectivity index (χ0v) is 20.1. The van der Waals surface area contributed by atoms with Crippen molar-refractivity contribution in [2.24, 2.45) is 5.92 Å². The highest BCUT2D eigenvalue weighted by Crippen LogP contribution is 2.33. The Bertz CT molecular complexity index is 1270. The van der Waals surface area contributed by atoms with Gasteiger partial charge in [0.25, 0.3) is 0 Å². The van der Waals surface area contributed by atoms with Crippen LogP contribution < -0.4 is 14.9 Å². The van der Waals surface area contributed by atoms with Gasteiger partial charge in [0.05, 0.1) is 40.9 Å². The van der Waals surface area contributed by atoms with Crippen molar-refractivity contribution in [1.82, 2.24) is 4.57 Å². The van der Waals surface area contributed by atoms with Gasteiger partial charge in [-0.15, -0.1) is 0 Å². The van der Waals surface area contributed by atoms with Gasteiger partial charge in [0.1, 0.15) is 11.6 Å². The van der Waals surface area contributed by atoms with Gasteiger partial charge >= 0.3 is 6.16 Å². The van der Waals surface area contributed by atoms with Gasteiger partial charge in [-0.05, 0) is 43.0 Å². The lowest BCUT2D eigenvalue weighted by molar-refractivity contribution is 0.143. The Morgan fingerprint density at radius 3 is 2.44 bits per heavy atom. The summed E-state index contributed by atoms with van der Waals surface area (Å²) in [5.41, 5.74) is 0.622. The Morgan fingerprint density at radius 1 is 1.15 bits per heavy atom. The zero-order valence-electron chi connectivity index (χ0n) is 19.3. The Kier molecular flexibility index (Phi) is 7.84. The third-order valence-corrected chi connectivity index (χ3v) is 5.76. The minimum atomic E-state index is -1.63. The van der Waals surface area contributed by atoms with Gasteiger partial charge in [-0.1, -0.05) is 37.6 Å². The normalized spacial score (nSPS) is 12.4. The van der Waals surface area contributed by atoms with Crippen molar-refractivity contribution in [3.63, 3.8) is 0 Å². The monoisotopic (exact) mass is 491 g/mol. The van der Waals surface area contributed by atoms with Crippen LogP contribution in [-0.4, -0.2) is 33.6 Å².